The summed E-state index contributed by atoms with van der Waals surface area (Å²) in [6, 6.07) is 3.72. The van der Waals surface area contributed by atoms with E-state index in [1.54, 1.807) is 21.3 Å². The highest BCUT2D eigenvalue weighted by atomic mass is 16.5. The lowest BCUT2D eigenvalue weighted by molar-refractivity contribution is 0.277. The Morgan fingerprint density at radius 2 is 1.71 bits per heavy atom. The summed E-state index contributed by atoms with van der Waals surface area (Å²) in [4.78, 5) is 6.71. The monoisotopic (exact) mass is 335 g/mol. The number of hydrogen-bond acceptors (Lipinski definition) is 4. The van der Waals surface area contributed by atoms with Crippen molar-refractivity contribution >= 4 is 5.96 Å². The highest BCUT2D eigenvalue weighted by Gasteiger charge is 2.17. The average molecular weight is 335 g/mol. The zero-order chi connectivity index (χ0) is 17.5. The number of ether oxygens (including phenoxy) is 3. The maximum absolute atomic E-state index is 6.14. The third-order valence-electron chi connectivity index (χ3n) is 4.56. The van der Waals surface area contributed by atoms with Gasteiger partial charge in [-0.1, -0.05) is 6.92 Å². The van der Waals surface area contributed by atoms with Gasteiger partial charge in [0, 0.05) is 37.3 Å². The van der Waals surface area contributed by atoms with Crippen molar-refractivity contribution in [2.24, 2.45) is 16.6 Å². The van der Waals surface area contributed by atoms with Crippen molar-refractivity contribution < 1.29 is 14.2 Å². The van der Waals surface area contributed by atoms with Crippen LogP contribution in [0.25, 0.3) is 0 Å². The van der Waals surface area contributed by atoms with Crippen molar-refractivity contribution in [2.45, 2.75) is 26.2 Å². The van der Waals surface area contributed by atoms with E-state index in [9.17, 15) is 0 Å². The third kappa shape index (κ3) is 4.46. The molecule has 0 bridgehead atoms. The van der Waals surface area contributed by atoms with Gasteiger partial charge in [-0.25, -0.2) is 0 Å². The molecule has 134 valence electrons. The molecular weight excluding hydrogens is 306 g/mol. The molecule has 6 heteroatoms. The van der Waals surface area contributed by atoms with Crippen LogP contribution in [0.15, 0.2) is 17.1 Å². The molecule has 0 saturated carbocycles. The zero-order valence-electron chi connectivity index (χ0n) is 15.2. The van der Waals surface area contributed by atoms with Gasteiger partial charge in [0.2, 0.25) is 0 Å². The molecule has 0 unspecified atom stereocenters. The fourth-order valence-electron chi connectivity index (χ4n) is 2.94. The van der Waals surface area contributed by atoms with Gasteiger partial charge in [0.15, 0.2) is 5.96 Å². The standard InChI is InChI=1S/C18H29N3O3/c1-13-6-9-21(10-7-13)18(19)20-8-5-15-16(23-3)11-14(22-2)12-17(15)24-4/h11-13H,5-10H2,1-4H3,(H2,19,20). The molecule has 2 N–H and O–H groups in total. The summed E-state index contributed by atoms with van der Waals surface area (Å²) in [6.45, 7) is 4.86. The van der Waals surface area contributed by atoms with Crippen molar-refractivity contribution in [3.8, 4) is 17.2 Å². The lowest BCUT2D eigenvalue weighted by atomic mass is 10.00. The predicted molar refractivity (Wildman–Crippen MR) is 96.3 cm³/mol. The second-order valence-corrected chi connectivity index (χ2v) is 6.17. The van der Waals surface area contributed by atoms with E-state index < -0.39 is 0 Å². The molecule has 0 radical (unpaired) electrons. The fraction of sp³-hybridized carbons (Fsp3) is 0.611. The Labute approximate surface area is 144 Å². The van der Waals surface area contributed by atoms with Gasteiger partial charge in [0.25, 0.3) is 0 Å². The SMILES string of the molecule is COc1cc(OC)c(CCN=C(N)N2CCC(C)CC2)c(OC)c1. The number of benzene rings is 1. The molecule has 24 heavy (non-hydrogen) atoms. The topological polar surface area (TPSA) is 69.3 Å². The van der Waals surface area contributed by atoms with Crippen LogP contribution in [0.4, 0.5) is 0 Å². The second kappa shape index (κ2) is 8.66. The molecule has 1 fully saturated rings. The van der Waals surface area contributed by atoms with Crippen LogP contribution in [0, 0.1) is 5.92 Å². The van der Waals surface area contributed by atoms with E-state index in [1.807, 2.05) is 12.1 Å². The molecule has 1 saturated heterocycles. The summed E-state index contributed by atoms with van der Waals surface area (Å²) in [6.07, 6.45) is 3.05. The molecule has 1 aromatic carbocycles. The van der Waals surface area contributed by atoms with Crippen LogP contribution in [0.5, 0.6) is 17.2 Å². The Hall–Kier alpha value is -2.11. The van der Waals surface area contributed by atoms with Crippen LogP contribution < -0.4 is 19.9 Å². The number of methoxy groups -OCH3 is 3. The first-order chi connectivity index (χ1) is 11.6. The van der Waals surface area contributed by atoms with E-state index in [2.05, 4.69) is 16.8 Å². The Morgan fingerprint density at radius 1 is 1.12 bits per heavy atom. The van der Waals surface area contributed by atoms with E-state index in [1.165, 1.54) is 12.8 Å². The van der Waals surface area contributed by atoms with Gasteiger partial charge >= 0.3 is 0 Å². The van der Waals surface area contributed by atoms with E-state index in [4.69, 9.17) is 19.9 Å². The molecule has 6 nitrogen and oxygen atoms in total. The summed E-state index contributed by atoms with van der Waals surface area (Å²) in [5.41, 5.74) is 7.11. The molecule has 0 spiro atoms. The predicted octanol–water partition coefficient (Wildman–Crippen LogP) is 2.30. The number of nitrogens with two attached hydrogens (primary N) is 1. The fourth-order valence-corrected chi connectivity index (χ4v) is 2.94. The van der Waals surface area contributed by atoms with Gasteiger partial charge < -0.3 is 24.8 Å². The van der Waals surface area contributed by atoms with Crippen molar-refractivity contribution in [1.29, 1.82) is 0 Å². The van der Waals surface area contributed by atoms with Crippen LogP contribution in [-0.2, 0) is 6.42 Å². The Morgan fingerprint density at radius 3 is 2.21 bits per heavy atom. The van der Waals surface area contributed by atoms with Crippen LogP contribution in [0.1, 0.15) is 25.3 Å². The minimum Gasteiger partial charge on any atom is -0.496 e. The minimum absolute atomic E-state index is 0.594. The lowest BCUT2D eigenvalue weighted by Crippen LogP contribution is -2.42. The number of nitrogens with zero attached hydrogens (tertiary/aromatic N) is 2. The second-order valence-electron chi connectivity index (χ2n) is 6.17. The number of piperidine rings is 1. The largest absolute Gasteiger partial charge is 0.496 e. The van der Waals surface area contributed by atoms with E-state index >= 15 is 0 Å². The summed E-state index contributed by atoms with van der Waals surface area (Å²) in [5, 5.41) is 0. The Balaban J connectivity index is 2.04. The molecule has 0 amide bonds. The van der Waals surface area contributed by atoms with Gasteiger partial charge in [0.05, 0.1) is 21.3 Å². The lowest BCUT2D eigenvalue weighted by Gasteiger charge is -2.31. The van der Waals surface area contributed by atoms with Gasteiger partial charge in [-0.05, 0) is 25.2 Å². The van der Waals surface area contributed by atoms with Crippen LogP contribution in [0.2, 0.25) is 0 Å². The van der Waals surface area contributed by atoms with Crippen molar-refractivity contribution in [3.63, 3.8) is 0 Å². The molecule has 0 aliphatic carbocycles. The van der Waals surface area contributed by atoms with Crippen LogP contribution >= 0.6 is 0 Å². The number of aliphatic imine (C=N–C) groups is 1. The number of rotatable bonds is 6. The van der Waals surface area contributed by atoms with Crippen molar-refractivity contribution in [1.82, 2.24) is 4.90 Å². The van der Waals surface area contributed by atoms with Crippen LogP contribution in [0.3, 0.4) is 0 Å². The first-order valence-corrected chi connectivity index (χ1v) is 8.42. The molecule has 2 rings (SSSR count). The first kappa shape index (κ1) is 18.2. The molecule has 0 atom stereocenters. The summed E-state index contributed by atoms with van der Waals surface area (Å²) in [5.74, 6) is 3.60. The summed E-state index contributed by atoms with van der Waals surface area (Å²) in [7, 11) is 4.91. The zero-order valence-corrected chi connectivity index (χ0v) is 15.2. The number of likely N-dealkylation sites (tertiary alicyclic amines) is 1. The normalized spacial score (nSPS) is 16.2. The van der Waals surface area contributed by atoms with E-state index in [0.29, 0.717) is 24.7 Å². The van der Waals surface area contributed by atoms with Crippen LogP contribution in [-0.4, -0.2) is 51.8 Å². The number of hydrogen-bond donors (Lipinski definition) is 1. The number of guanidine groups is 1. The molecule has 1 aliphatic heterocycles. The smallest absolute Gasteiger partial charge is 0.191 e. The minimum atomic E-state index is 0.594. The molecule has 1 heterocycles. The average Bonchev–Trinajstić information content (AvgIpc) is 2.61. The molecule has 1 aromatic rings. The maximum Gasteiger partial charge on any atom is 0.191 e. The summed E-state index contributed by atoms with van der Waals surface area (Å²) >= 11 is 0. The van der Waals surface area contributed by atoms with Gasteiger partial charge in [-0.2, -0.15) is 0 Å². The van der Waals surface area contributed by atoms with E-state index in [-0.39, 0.29) is 0 Å². The van der Waals surface area contributed by atoms with Crippen molar-refractivity contribution in [3.05, 3.63) is 17.7 Å². The third-order valence-corrected chi connectivity index (χ3v) is 4.56. The Kier molecular flexibility index (Phi) is 6.58. The molecular formula is C18H29N3O3. The quantitative estimate of drug-likeness (QED) is 0.638. The Bertz CT molecular complexity index is 542. The van der Waals surface area contributed by atoms with Gasteiger partial charge in [-0.3, -0.25) is 4.99 Å². The van der Waals surface area contributed by atoms with E-state index in [0.717, 1.165) is 36.1 Å². The molecule has 1 aliphatic rings. The molecule has 0 aromatic heterocycles. The van der Waals surface area contributed by atoms with Gasteiger partial charge in [-0.15, -0.1) is 0 Å². The van der Waals surface area contributed by atoms with Crippen molar-refractivity contribution in [2.75, 3.05) is 41.0 Å². The first-order valence-electron chi connectivity index (χ1n) is 8.42. The van der Waals surface area contributed by atoms with Gasteiger partial charge in [0.1, 0.15) is 17.2 Å². The highest BCUT2D eigenvalue weighted by Crippen LogP contribution is 2.34. The highest BCUT2D eigenvalue weighted by molar-refractivity contribution is 5.78. The maximum atomic E-state index is 6.14. The summed E-state index contributed by atoms with van der Waals surface area (Å²) < 4.78 is 16.2.